The summed E-state index contributed by atoms with van der Waals surface area (Å²) in [5.74, 6) is -0.750. The summed E-state index contributed by atoms with van der Waals surface area (Å²) >= 11 is 0. The lowest BCUT2D eigenvalue weighted by molar-refractivity contribution is -0.384. The highest BCUT2D eigenvalue weighted by molar-refractivity contribution is 6.04. The molecule has 3 aromatic rings. The van der Waals surface area contributed by atoms with Crippen molar-refractivity contribution in [1.29, 1.82) is 0 Å². The number of rotatable bonds is 8. The summed E-state index contributed by atoms with van der Waals surface area (Å²) < 4.78 is 38.4. The van der Waals surface area contributed by atoms with E-state index in [-0.39, 0.29) is 24.6 Å². The van der Waals surface area contributed by atoms with Gasteiger partial charge in [0.1, 0.15) is 5.69 Å². The molecule has 0 aliphatic rings. The maximum atomic E-state index is 12.8. The number of anilines is 3. The number of nitrogens with one attached hydrogen (secondary N) is 3. The number of alkyl halides is 3. The van der Waals surface area contributed by atoms with Gasteiger partial charge in [-0.25, -0.2) is 0 Å². The van der Waals surface area contributed by atoms with Gasteiger partial charge in [0.05, 0.1) is 10.5 Å². The van der Waals surface area contributed by atoms with Crippen LogP contribution in [0.1, 0.15) is 22.3 Å². The first kappa shape index (κ1) is 24.2. The molecule has 0 aromatic heterocycles. The molecular weight excluding hydrogens is 453 g/mol. The number of halogens is 3. The predicted octanol–water partition coefficient (Wildman–Crippen LogP) is 5.31. The lowest BCUT2D eigenvalue weighted by Gasteiger charge is -2.11. The zero-order valence-electron chi connectivity index (χ0n) is 17.6. The molecule has 0 bridgehead atoms. The summed E-state index contributed by atoms with van der Waals surface area (Å²) in [6.45, 7) is -0.0531. The quantitative estimate of drug-likeness (QED) is 0.304. The predicted molar refractivity (Wildman–Crippen MR) is 121 cm³/mol. The van der Waals surface area contributed by atoms with Crippen molar-refractivity contribution in [2.24, 2.45) is 0 Å². The van der Waals surface area contributed by atoms with Crippen molar-refractivity contribution >= 4 is 34.6 Å². The summed E-state index contributed by atoms with van der Waals surface area (Å²) in [6, 6.07) is 17.2. The van der Waals surface area contributed by atoms with Crippen molar-refractivity contribution in [3.63, 3.8) is 0 Å². The largest absolute Gasteiger partial charge is 0.416 e. The third kappa shape index (κ3) is 6.55. The first-order chi connectivity index (χ1) is 16.1. The normalized spacial score (nSPS) is 10.9. The SMILES string of the molecule is O=C(CCNc1ccc(C(F)(F)F)cc1[N+](=O)[O-])Nc1cccc(NC(=O)c2ccccc2)c1. The van der Waals surface area contributed by atoms with Gasteiger partial charge in [-0.15, -0.1) is 0 Å². The van der Waals surface area contributed by atoms with E-state index in [1.54, 1.807) is 54.6 Å². The van der Waals surface area contributed by atoms with Gasteiger partial charge >= 0.3 is 6.18 Å². The van der Waals surface area contributed by atoms with E-state index in [0.717, 1.165) is 12.1 Å². The van der Waals surface area contributed by atoms with Crippen LogP contribution in [0, 0.1) is 10.1 Å². The van der Waals surface area contributed by atoms with Crippen LogP contribution in [0.25, 0.3) is 0 Å². The maximum absolute atomic E-state index is 12.8. The number of benzene rings is 3. The summed E-state index contributed by atoms with van der Waals surface area (Å²) in [5, 5.41) is 19.1. The Morgan fingerprint density at radius 3 is 2.21 bits per heavy atom. The first-order valence-corrected chi connectivity index (χ1v) is 9.99. The van der Waals surface area contributed by atoms with E-state index in [2.05, 4.69) is 16.0 Å². The number of carbonyl (C=O) groups is 2. The summed E-state index contributed by atoms with van der Waals surface area (Å²) in [4.78, 5) is 34.7. The topological polar surface area (TPSA) is 113 Å². The zero-order chi connectivity index (χ0) is 24.7. The second kappa shape index (κ2) is 10.5. The number of amides is 2. The Labute approximate surface area is 191 Å². The standard InChI is InChI=1S/C23H19F3N4O4/c24-23(25,26)16-9-10-19(20(13-16)30(33)34)27-12-11-21(31)28-17-7-4-8-18(14-17)29-22(32)15-5-2-1-3-6-15/h1-10,13-14,27H,11-12H2,(H,28,31)(H,29,32). The highest BCUT2D eigenvalue weighted by Gasteiger charge is 2.33. The Morgan fingerprint density at radius 1 is 0.882 bits per heavy atom. The third-order valence-electron chi connectivity index (χ3n) is 4.63. The van der Waals surface area contributed by atoms with Crippen LogP contribution in [-0.4, -0.2) is 23.3 Å². The van der Waals surface area contributed by atoms with Gasteiger partial charge in [-0.3, -0.25) is 19.7 Å². The molecule has 0 saturated carbocycles. The van der Waals surface area contributed by atoms with Gasteiger partial charge in [0.2, 0.25) is 5.91 Å². The van der Waals surface area contributed by atoms with Crippen LogP contribution in [-0.2, 0) is 11.0 Å². The first-order valence-electron chi connectivity index (χ1n) is 9.99. The van der Waals surface area contributed by atoms with E-state index in [0.29, 0.717) is 23.0 Å². The van der Waals surface area contributed by atoms with E-state index in [1.807, 2.05) is 0 Å². The number of nitro benzene ring substituents is 1. The summed E-state index contributed by atoms with van der Waals surface area (Å²) in [5.41, 5.74) is -0.655. The van der Waals surface area contributed by atoms with Crippen LogP contribution in [0.5, 0.6) is 0 Å². The molecular formula is C23H19F3N4O4. The summed E-state index contributed by atoms with van der Waals surface area (Å²) in [7, 11) is 0. The molecule has 11 heteroatoms. The molecule has 3 N–H and O–H groups in total. The molecule has 0 aliphatic carbocycles. The second-order valence-electron chi connectivity index (χ2n) is 7.11. The summed E-state index contributed by atoms with van der Waals surface area (Å²) in [6.07, 6.45) is -4.82. The van der Waals surface area contributed by atoms with Gasteiger partial charge in [0.25, 0.3) is 11.6 Å². The molecule has 0 atom stereocenters. The fraction of sp³-hybridized carbons (Fsp3) is 0.130. The molecule has 0 aliphatic heterocycles. The van der Waals surface area contributed by atoms with Crippen molar-refractivity contribution < 1.29 is 27.7 Å². The third-order valence-corrected chi connectivity index (χ3v) is 4.63. The second-order valence-corrected chi connectivity index (χ2v) is 7.11. The highest BCUT2D eigenvalue weighted by atomic mass is 19.4. The molecule has 0 fully saturated rings. The van der Waals surface area contributed by atoms with Crippen molar-refractivity contribution in [2.45, 2.75) is 12.6 Å². The minimum Gasteiger partial charge on any atom is -0.379 e. The minimum atomic E-state index is -4.71. The molecule has 8 nitrogen and oxygen atoms in total. The van der Waals surface area contributed by atoms with Gasteiger partial charge in [-0.2, -0.15) is 13.2 Å². The van der Waals surface area contributed by atoms with Crippen LogP contribution in [0.15, 0.2) is 72.8 Å². The fourth-order valence-corrected chi connectivity index (χ4v) is 3.01. The van der Waals surface area contributed by atoms with Crippen molar-refractivity contribution in [1.82, 2.24) is 0 Å². The Morgan fingerprint density at radius 2 is 1.56 bits per heavy atom. The zero-order valence-corrected chi connectivity index (χ0v) is 17.6. The number of nitrogens with zero attached hydrogens (tertiary/aromatic N) is 1. The molecule has 3 rings (SSSR count). The lowest BCUT2D eigenvalue weighted by atomic mass is 10.1. The van der Waals surface area contributed by atoms with E-state index >= 15 is 0 Å². The number of carbonyl (C=O) groups excluding carboxylic acids is 2. The van der Waals surface area contributed by atoms with Crippen LogP contribution < -0.4 is 16.0 Å². The molecule has 34 heavy (non-hydrogen) atoms. The number of nitro groups is 1. The van der Waals surface area contributed by atoms with Gasteiger partial charge in [0.15, 0.2) is 0 Å². The number of hydrogen-bond donors (Lipinski definition) is 3. The molecule has 0 saturated heterocycles. The van der Waals surface area contributed by atoms with Gasteiger partial charge in [-0.1, -0.05) is 24.3 Å². The van der Waals surface area contributed by atoms with Gasteiger partial charge in [0, 0.05) is 36.0 Å². The van der Waals surface area contributed by atoms with E-state index in [4.69, 9.17) is 0 Å². The minimum absolute atomic E-state index is 0.0531. The van der Waals surface area contributed by atoms with Crippen LogP contribution in [0.2, 0.25) is 0 Å². The Hall–Kier alpha value is -4.41. The molecule has 176 valence electrons. The highest BCUT2D eigenvalue weighted by Crippen LogP contribution is 2.34. The van der Waals surface area contributed by atoms with Crippen LogP contribution >= 0.6 is 0 Å². The van der Waals surface area contributed by atoms with Gasteiger partial charge in [-0.05, 0) is 42.5 Å². The average molecular weight is 472 g/mol. The van der Waals surface area contributed by atoms with Crippen LogP contribution in [0.3, 0.4) is 0 Å². The molecule has 0 spiro atoms. The molecule has 2 amide bonds. The van der Waals surface area contributed by atoms with E-state index in [9.17, 15) is 32.9 Å². The molecule has 0 heterocycles. The average Bonchev–Trinajstić information content (AvgIpc) is 2.79. The van der Waals surface area contributed by atoms with Crippen molar-refractivity contribution in [3.05, 3.63) is 94.0 Å². The van der Waals surface area contributed by atoms with Crippen molar-refractivity contribution in [3.8, 4) is 0 Å². The van der Waals surface area contributed by atoms with Crippen molar-refractivity contribution in [2.75, 3.05) is 22.5 Å². The smallest absolute Gasteiger partial charge is 0.379 e. The fourth-order valence-electron chi connectivity index (χ4n) is 3.01. The Kier molecular flexibility index (Phi) is 7.46. The van der Waals surface area contributed by atoms with Crippen LogP contribution in [0.4, 0.5) is 35.9 Å². The molecule has 0 radical (unpaired) electrons. The lowest BCUT2D eigenvalue weighted by Crippen LogP contribution is -2.17. The van der Waals surface area contributed by atoms with E-state index in [1.165, 1.54) is 0 Å². The van der Waals surface area contributed by atoms with E-state index < -0.39 is 28.3 Å². The Balaban J connectivity index is 1.56. The monoisotopic (exact) mass is 472 g/mol. The van der Waals surface area contributed by atoms with Gasteiger partial charge < -0.3 is 16.0 Å². The maximum Gasteiger partial charge on any atom is 0.416 e. The Bertz CT molecular complexity index is 1200. The molecule has 0 unspecified atom stereocenters. The molecule has 3 aromatic carbocycles. The number of hydrogen-bond acceptors (Lipinski definition) is 5.